The van der Waals surface area contributed by atoms with Gasteiger partial charge in [0.2, 0.25) is 0 Å². The smallest absolute Gasteiger partial charge is 0.127 e. The van der Waals surface area contributed by atoms with Crippen LogP contribution in [-0.4, -0.2) is 0 Å². The number of benzene rings is 2. The highest BCUT2D eigenvalue weighted by molar-refractivity contribution is 5.34. The first-order valence-electron chi connectivity index (χ1n) is 5.83. The second-order valence-corrected chi connectivity index (χ2v) is 4.57. The van der Waals surface area contributed by atoms with Crippen molar-refractivity contribution < 1.29 is 9.57 Å². The van der Waals surface area contributed by atoms with E-state index in [1.165, 1.54) is 0 Å². The predicted molar refractivity (Wildman–Crippen MR) is 71.3 cm³/mol. The summed E-state index contributed by atoms with van der Waals surface area (Å²) in [7, 11) is 0. The van der Waals surface area contributed by atoms with Gasteiger partial charge in [0.05, 0.1) is 0 Å². The van der Waals surface area contributed by atoms with Gasteiger partial charge in [-0.05, 0) is 43.7 Å². The Bertz CT molecular complexity index is 492. The van der Waals surface area contributed by atoms with Gasteiger partial charge in [-0.1, -0.05) is 30.3 Å². The fourth-order valence-corrected chi connectivity index (χ4v) is 1.62. The van der Waals surface area contributed by atoms with E-state index in [9.17, 15) is 0 Å². The van der Waals surface area contributed by atoms with Crippen LogP contribution in [0.5, 0.6) is 11.5 Å². The zero-order valence-electron chi connectivity index (χ0n) is 10.6. The maximum atomic E-state index is 5.71. The first-order chi connectivity index (χ1) is 8.62. The van der Waals surface area contributed by atoms with Crippen LogP contribution in [0, 0.1) is 0 Å². The van der Waals surface area contributed by atoms with Crippen molar-refractivity contribution in [3.05, 3.63) is 60.2 Å². The molecule has 0 heterocycles. The third-order valence-electron chi connectivity index (χ3n) is 2.82. The minimum absolute atomic E-state index is 0.495. The Kier molecular flexibility index (Phi) is 3.65. The van der Waals surface area contributed by atoms with Crippen molar-refractivity contribution in [3.8, 4) is 11.5 Å². The summed E-state index contributed by atoms with van der Waals surface area (Å²) in [5.74, 6) is 6.88. The summed E-state index contributed by atoms with van der Waals surface area (Å²) in [5, 5.41) is 0. The van der Waals surface area contributed by atoms with Crippen LogP contribution in [-0.2, 0) is 10.4 Å². The molecule has 0 saturated carbocycles. The fraction of sp³-hybridized carbons (Fsp3) is 0.200. The molecule has 0 amide bonds. The molecule has 2 aromatic carbocycles. The zero-order valence-corrected chi connectivity index (χ0v) is 10.6. The molecule has 18 heavy (non-hydrogen) atoms. The Morgan fingerprint density at radius 3 is 1.94 bits per heavy atom. The summed E-state index contributed by atoms with van der Waals surface area (Å²) in [5.41, 5.74) is 0.510. The van der Waals surface area contributed by atoms with Crippen LogP contribution in [0.4, 0.5) is 0 Å². The second kappa shape index (κ2) is 5.21. The lowest BCUT2D eigenvalue weighted by molar-refractivity contribution is -0.0236. The third kappa shape index (κ3) is 2.88. The van der Waals surface area contributed by atoms with Crippen LogP contribution in [0.25, 0.3) is 0 Å². The molecule has 0 aliphatic heterocycles. The molecule has 3 nitrogen and oxygen atoms in total. The average Bonchev–Trinajstić information content (AvgIpc) is 2.40. The van der Waals surface area contributed by atoms with Crippen molar-refractivity contribution in [2.75, 3.05) is 0 Å². The molecule has 0 saturated heterocycles. The Labute approximate surface area is 107 Å². The molecule has 0 radical (unpaired) electrons. The maximum Gasteiger partial charge on any atom is 0.127 e. The van der Waals surface area contributed by atoms with Crippen molar-refractivity contribution in [1.82, 2.24) is 0 Å². The normalized spacial score (nSPS) is 11.3. The van der Waals surface area contributed by atoms with Crippen molar-refractivity contribution in [2.24, 2.45) is 5.90 Å². The van der Waals surface area contributed by atoms with Gasteiger partial charge in [0.1, 0.15) is 17.1 Å². The van der Waals surface area contributed by atoms with Gasteiger partial charge in [-0.2, -0.15) is 0 Å². The number of hydrogen-bond donors (Lipinski definition) is 1. The first kappa shape index (κ1) is 12.6. The number of ether oxygens (including phenoxy) is 1. The van der Waals surface area contributed by atoms with Gasteiger partial charge >= 0.3 is 0 Å². The molecule has 0 spiro atoms. The number of para-hydroxylation sites is 1. The van der Waals surface area contributed by atoms with Crippen LogP contribution in [0.15, 0.2) is 54.6 Å². The van der Waals surface area contributed by atoms with Crippen LogP contribution in [0.2, 0.25) is 0 Å². The summed E-state index contributed by atoms with van der Waals surface area (Å²) < 4.78 is 5.71. The van der Waals surface area contributed by atoms with Crippen molar-refractivity contribution in [2.45, 2.75) is 19.4 Å². The highest BCUT2D eigenvalue weighted by Crippen LogP contribution is 2.27. The van der Waals surface area contributed by atoms with Gasteiger partial charge in [-0.3, -0.25) is 4.84 Å². The van der Waals surface area contributed by atoms with Gasteiger partial charge in [0.25, 0.3) is 0 Å². The van der Waals surface area contributed by atoms with E-state index in [4.69, 9.17) is 15.5 Å². The summed E-state index contributed by atoms with van der Waals surface area (Å²) in [4.78, 5) is 4.94. The average molecular weight is 243 g/mol. The Hall–Kier alpha value is -1.84. The largest absolute Gasteiger partial charge is 0.457 e. The lowest BCUT2D eigenvalue weighted by Gasteiger charge is -2.22. The van der Waals surface area contributed by atoms with Gasteiger partial charge < -0.3 is 4.74 Å². The first-order valence-corrected chi connectivity index (χ1v) is 5.83. The summed E-state index contributed by atoms with van der Waals surface area (Å²) >= 11 is 0. The molecule has 0 unspecified atom stereocenters. The van der Waals surface area contributed by atoms with Crippen LogP contribution in [0.3, 0.4) is 0 Å². The summed E-state index contributed by atoms with van der Waals surface area (Å²) in [6, 6.07) is 17.4. The quantitative estimate of drug-likeness (QED) is 0.834. The molecule has 0 fully saturated rings. The van der Waals surface area contributed by atoms with E-state index < -0.39 is 5.60 Å². The Morgan fingerprint density at radius 1 is 0.833 bits per heavy atom. The van der Waals surface area contributed by atoms with Crippen molar-refractivity contribution in [3.63, 3.8) is 0 Å². The molecule has 2 N–H and O–H groups in total. The summed E-state index contributed by atoms with van der Waals surface area (Å²) in [6.45, 7) is 3.83. The van der Waals surface area contributed by atoms with Gasteiger partial charge in [-0.25, -0.2) is 5.90 Å². The number of hydrogen-bond acceptors (Lipinski definition) is 3. The highest BCUT2D eigenvalue weighted by Gasteiger charge is 2.20. The fourth-order valence-electron chi connectivity index (χ4n) is 1.62. The predicted octanol–water partition coefficient (Wildman–Crippen LogP) is 3.60. The van der Waals surface area contributed by atoms with Crippen LogP contribution >= 0.6 is 0 Å². The van der Waals surface area contributed by atoms with Gasteiger partial charge in [-0.15, -0.1) is 0 Å². The van der Waals surface area contributed by atoms with E-state index in [1.54, 1.807) is 0 Å². The molecule has 0 atom stereocenters. The molecule has 2 rings (SSSR count). The van der Waals surface area contributed by atoms with E-state index in [0.717, 1.165) is 17.1 Å². The molecular weight excluding hydrogens is 226 g/mol. The van der Waals surface area contributed by atoms with E-state index in [-0.39, 0.29) is 0 Å². The third-order valence-corrected chi connectivity index (χ3v) is 2.82. The topological polar surface area (TPSA) is 44.5 Å². The Balaban J connectivity index is 2.14. The SMILES string of the molecule is CC(C)(ON)c1ccc(Oc2ccccc2)cc1. The monoisotopic (exact) mass is 243 g/mol. The lowest BCUT2D eigenvalue weighted by atomic mass is 9.98. The lowest BCUT2D eigenvalue weighted by Crippen LogP contribution is -2.25. The molecule has 0 aliphatic rings. The molecule has 94 valence electrons. The minimum Gasteiger partial charge on any atom is -0.457 e. The van der Waals surface area contributed by atoms with E-state index in [1.807, 2.05) is 68.4 Å². The standard InChI is InChI=1S/C15H17NO2/c1-15(2,18-16)12-8-10-14(11-9-12)17-13-6-4-3-5-7-13/h3-11H,16H2,1-2H3. The zero-order chi connectivity index (χ0) is 13.0. The molecule has 0 aromatic heterocycles. The van der Waals surface area contributed by atoms with E-state index >= 15 is 0 Å². The molecule has 3 heteroatoms. The molecular formula is C15H17NO2. The minimum atomic E-state index is -0.495. The molecule has 2 aromatic rings. The van der Waals surface area contributed by atoms with E-state index in [2.05, 4.69) is 0 Å². The second-order valence-electron chi connectivity index (χ2n) is 4.57. The van der Waals surface area contributed by atoms with Crippen LogP contribution < -0.4 is 10.6 Å². The van der Waals surface area contributed by atoms with Gasteiger partial charge in [0, 0.05) is 0 Å². The van der Waals surface area contributed by atoms with Gasteiger partial charge in [0.15, 0.2) is 0 Å². The van der Waals surface area contributed by atoms with Crippen molar-refractivity contribution >= 4 is 0 Å². The van der Waals surface area contributed by atoms with E-state index in [0.29, 0.717) is 0 Å². The van der Waals surface area contributed by atoms with Crippen molar-refractivity contribution in [1.29, 1.82) is 0 Å². The summed E-state index contributed by atoms with van der Waals surface area (Å²) in [6.07, 6.45) is 0. The number of rotatable bonds is 4. The molecule has 0 aliphatic carbocycles. The number of nitrogens with two attached hydrogens (primary N) is 1. The van der Waals surface area contributed by atoms with Crippen LogP contribution in [0.1, 0.15) is 19.4 Å². The molecule has 0 bridgehead atoms. The highest BCUT2D eigenvalue weighted by atomic mass is 16.6. The maximum absolute atomic E-state index is 5.71. The Morgan fingerprint density at radius 2 is 1.39 bits per heavy atom.